The van der Waals surface area contributed by atoms with Crippen molar-refractivity contribution in [1.29, 1.82) is 0 Å². The summed E-state index contributed by atoms with van der Waals surface area (Å²) in [6.07, 6.45) is 1.57. The zero-order valence-corrected chi connectivity index (χ0v) is 11.1. The fourth-order valence-corrected chi connectivity index (χ4v) is 2.35. The van der Waals surface area contributed by atoms with E-state index in [1.807, 2.05) is 6.07 Å². The van der Waals surface area contributed by atoms with E-state index in [-0.39, 0.29) is 11.7 Å². The molecule has 1 heterocycles. The van der Waals surface area contributed by atoms with Crippen molar-refractivity contribution < 1.29 is 19.4 Å². The van der Waals surface area contributed by atoms with E-state index in [0.29, 0.717) is 17.1 Å². The van der Waals surface area contributed by atoms with Gasteiger partial charge in [0.2, 0.25) is 0 Å². The van der Waals surface area contributed by atoms with Crippen molar-refractivity contribution in [1.82, 2.24) is 0 Å². The Balaban J connectivity index is 2.00. The van der Waals surface area contributed by atoms with Gasteiger partial charge in [0, 0.05) is 6.07 Å². The molecule has 0 saturated heterocycles. The van der Waals surface area contributed by atoms with Gasteiger partial charge in [0.1, 0.15) is 17.2 Å². The molecule has 0 amide bonds. The maximum Gasteiger partial charge on any atom is 0.337 e. The summed E-state index contributed by atoms with van der Waals surface area (Å²) in [5, 5.41) is 9.54. The molecule has 0 bridgehead atoms. The normalized spacial score (nSPS) is 12.7. The molecule has 4 heteroatoms. The second-order valence-corrected chi connectivity index (χ2v) is 4.71. The van der Waals surface area contributed by atoms with Crippen molar-refractivity contribution in [3.8, 4) is 17.2 Å². The number of phenolic OH excluding ortho intramolecular Hbond substituents is 1. The Bertz CT molecular complexity index is 676. The minimum Gasteiger partial charge on any atom is -0.508 e. The third kappa shape index (κ3) is 2.20. The van der Waals surface area contributed by atoms with Crippen LogP contribution in [0.5, 0.6) is 17.2 Å². The molecule has 0 fully saturated rings. The van der Waals surface area contributed by atoms with Crippen LogP contribution in [0.3, 0.4) is 0 Å². The number of rotatable bonds is 1. The summed E-state index contributed by atoms with van der Waals surface area (Å²) in [6.45, 7) is 0. The van der Waals surface area contributed by atoms with E-state index >= 15 is 0 Å². The minimum absolute atomic E-state index is 0.179. The van der Waals surface area contributed by atoms with Crippen molar-refractivity contribution >= 4 is 5.97 Å². The van der Waals surface area contributed by atoms with Gasteiger partial charge in [0.25, 0.3) is 0 Å². The second kappa shape index (κ2) is 4.89. The van der Waals surface area contributed by atoms with E-state index in [1.165, 1.54) is 7.11 Å². The van der Waals surface area contributed by atoms with E-state index in [1.54, 1.807) is 30.3 Å². The molecule has 3 rings (SSSR count). The Morgan fingerprint density at radius 1 is 1.10 bits per heavy atom. The lowest BCUT2D eigenvalue weighted by molar-refractivity contribution is 0.0600. The summed E-state index contributed by atoms with van der Waals surface area (Å²) in [6, 6.07) is 10.4. The lowest BCUT2D eigenvalue weighted by Crippen LogP contribution is -2.02. The van der Waals surface area contributed by atoms with Gasteiger partial charge >= 0.3 is 5.97 Å². The van der Waals surface area contributed by atoms with Crippen LogP contribution in [0, 0.1) is 0 Å². The Kier molecular flexibility index (Phi) is 3.06. The van der Waals surface area contributed by atoms with Crippen LogP contribution < -0.4 is 4.74 Å². The van der Waals surface area contributed by atoms with Crippen LogP contribution in [-0.2, 0) is 17.6 Å². The molecule has 4 nitrogen and oxygen atoms in total. The molecule has 1 N–H and O–H groups in total. The maximum absolute atomic E-state index is 11.6. The van der Waals surface area contributed by atoms with Gasteiger partial charge in [0.15, 0.2) is 0 Å². The zero-order valence-electron chi connectivity index (χ0n) is 11.1. The summed E-state index contributed by atoms with van der Waals surface area (Å²) >= 11 is 0. The first-order chi connectivity index (χ1) is 9.67. The molecule has 0 spiro atoms. The van der Waals surface area contributed by atoms with Crippen LogP contribution in [0.2, 0.25) is 0 Å². The van der Waals surface area contributed by atoms with Crippen LogP contribution in [0.25, 0.3) is 0 Å². The van der Waals surface area contributed by atoms with Gasteiger partial charge < -0.3 is 14.6 Å². The average Bonchev–Trinajstić information content (AvgIpc) is 2.64. The van der Waals surface area contributed by atoms with Crippen molar-refractivity contribution in [2.45, 2.75) is 12.8 Å². The number of methoxy groups -OCH3 is 1. The predicted octanol–water partition coefficient (Wildman–Crippen LogP) is 3.07. The Hall–Kier alpha value is -2.49. The lowest BCUT2D eigenvalue weighted by Gasteiger charge is -2.09. The molecule has 1 aliphatic heterocycles. The summed E-state index contributed by atoms with van der Waals surface area (Å²) < 4.78 is 10.6. The van der Waals surface area contributed by atoms with Gasteiger partial charge in [-0.15, -0.1) is 0 Å². The highest BCUT2D eigenvalue weighted by molar-refractivity contribution is 5.89. The molecule has 0 unspecified atom stereocenters. The first-order valence-corrected chi connectivity index (χ1v) is 6.38. The van der Waals surface area contributed by atoms with Crippen LogP contribution in [0.15, 0.2) is 36.4 Å². The van der Waals surface area contributed by atoms with Crippen molar-refractivity contribution in [2.75, 3.05) is 7.11 Å². The smallest absolute Gasteiger partial charge is 0.337 e. The minimum atomic E-state index is -0.354. The number of carbonyl (C=O) groups is 1. The van der Waals surface area contributed by atoms with E-state index in [4.69, 9.17) is 9.47 Å². The van der Waals surface area contributed by atoms with Gasteiger partial charge in [-0.3, -0.25) is 0 Å². The molecular formula is C16H14O4. The first-order valence-electron chi connectivity index (χ1n) is 6.38. The number of fused-ring (bicyclic) bond motifs is 2. The molecule has 0 aromatic heterocycles. The van der Waals surface area contributed by atoms with Gasteiger partial charge in [-0.2, -0.15) is 0 Å². The average molecular weight is 270 g/mol. The molecule has 0 atom stereocenters. The van der Waals surface area contributed by atoms with Gasteiger partial charge in [0.05, 0.1) is 12.7 Å². The number of benzene rings is 2. The zero-order chi connectivity index (χ0) is 14.1. The molecule has 2 aromatic carbocycles. The third-order valence-corrected chi connectivity index (χ3v) is 3.42. The fourth-order valence-electron chi connectivity index (χ4n) is 2.35. The number of hydrogen-bond donors (Lipinski definition) is 1. The number of aryl methyl sites for hydroxylation is 2. The Morgan fingerprint density at radius 2 is 1.90 bits per heavy atom. The van der Waals surface area contributed by atoms with Gasteiger partial charge in [-0.05, 0) is 48.2 Å². The van der Waals surface area contributed by atoms with Gasteiger partial charge in [-0.25, -0.2) is 4.79 Å². The molecule has 0 radical (unpaired) electrons. The highest BCUT2D eigenvalue weighted by atomic mass is 16.5. The molecule has 20 heavy (non-hydrogen) atoms. The highest BCUT2D eigenvalue weighted by Crippen LogP contribution is 2.35. The number of hydrogen-bond acceptors (Lipinski definition) is 4. The van der Waals surface area contributed by atoms with Crippen LogP contribution in [-0.4, -0.2) is 18.2 Å². The largest absolute Gasteiger partial charge is 0.508 e. The Labute approximate surface area is 116 Å². The van der Waals surface area contributed by atoms with Crippen LogP contribution in [0.1, 0.15) is 21.5 Å². The van der Waals surface area contributed by atoms with Crippen molar-refractivity contribution in [3.63, 3.8) is 0 Å². The van der Waals surface area contributed by atoms with Crippen molar-refractivity contribution in [3.05, 3.63) is 53.1 Å². The monoisotopic (exact) mass is 270 g/mol. The maximum atomic E-state index is 11.6. The van der Waals surface area contributed by atoms with Crippen LogP contribution >= 0.6 is 0 Å². The number of esters is 1. The number of ether oxygens (including phenoxy) is 2. The van der Waals surface area contributed by atoms with E-state index in [2.05, 4.69) is 0 Å². The predicted molar refractivity (Wildman–Crippen MR) is 73.4 cm³/mol. The standard InChI is InChI=1S/C16H14O4/c1-19-16(18)12-5-7-14-11(8-12)3-2-10-4-6-13(17)9-15(10)20-14/h4-9,17H,2-3H2,1H3. The molecule has 2 aromatic rings. The number of aromatic hydroxyl groups is 1. The molecule has 0 aliphatic carbocycles. The SMILES string of the molecule is COC(=O)c1ccc2c(c1)CCc1ccc(O)cc1O2. The summed E-state index contributed by atoms with van der Waals surface area (Å²) in [5.41, 5.74) is 2.52. The highest BCUT2D eigenvalue weighted by Gasteiger charge is 2.17. The van der Waals surface area contributed by atoms with E-state index in [0.717, 1.165) is 24.0 Å². The third-order valence-electron chi connectivity index (χ3n) is 3.42. The number of carbonyl (C=O) groups excluding carboxylic acids is 1. The van der Waals surface area contributed by atoms with E-state index in [9.17, 15) is 9.90 Å². The number of phenols is 1. The second-order valence-electron chi connectivity index (χ2n) is 4.71. The van der Waals surface area contributed by atoms with Crippen molar-refractivity contribution in [2.24, 2.45) is 0 Å². The summed E-state index contributed by atoms with van der Waals surface area (Å²) in [4.78, 5) is 11.6. The van der Waals surface area contributed by atoms with Crippen LogP contribution in [0.4, 0.5) is 0 Å². The topological polar surface area (TPSA) is 55.8 Å². The summed E-state index contributed by atoms with van der Waals surface area (Å²) in [5.74, 6) is 1.20. The quantitative estimate of drug-likeness (QED) is 0.809. The first kappa shape index (κ1) is 12.5. The Morgan fingerprint density at radius 3 is 2.70 bits per heavy atom. The molecule has 0 saturated carbocycles. The molecule has 1 aliphatic rings. The molecule has 102 valence electrons. The van der Waals surface area contributed by atoms with Gasteiger partial charge in [-0.1, -0.05) is 6.07 Å². The summed E-state index contributed by atoms with van der Waals surface area (Å²) in [7, 11) is 1.36. The fraction of sp³-hybridized carbons (Fsp3) is 0.188. The lowest BCUT2D eigenvalue weighted by atomic mass is 10.0. The molecular weight excluding hydrogens is 256 g/mol. The van der Waals surface area contributed by atoms with E-state index < -0.39 is 0 Å².